The third kappa shape index (κ3) is 2.80. The topological polar surface area (TPSA) is 51.2 Å². The van der Waals surface area contributed by atoms with Crippen molar-refractivity contribution in [2.75, 3.05) is 13.7 Å². The summed E-state index contributed by atoms with van der Waals surface area (Å²) in [5, 5.41) is 2.84. The first-order valence-corrected chi connectivity index (χ1v) is 4.93. The number of hydrogen-bond donors (Lipinski definition) is 1. The van der Waals surface area contributed by atoms with Crippen molar-refractivity contribution in [3.63, 3.8) is 0 Å². The maximum absolute atomic E-state index is 12.8. The van der Waals surface area contributed by atoms with Gasteiger partial charge in [0.2, 0.25) is 0 Å². The Balaban J connectivity index is 3.10. The standard InChI is InChI=1S/C12H13FN2O2/c1-4-7-15-12(2,11(16)17-3)10-6-5-9(13)8-14-10/h1,5-6,8,15H,7H2,2-3H3. The third-order valence-electron chi connectivity index (χ3n) is 2.38. The van der Waals surface area contributed by atoms with Crippen molar-refractivity contribution in [2.24, 2.45) is 0 Å². The number of rotatable bonds is 4. The van der Waals surface area contributed by atoms with Gasteiger partial charge in [-0.3, -0.25) is 10.3 Å². The van der Waals surface area contributed by atoms with E-state index < -0.39 is 17.3 Å². The Labute approximate surface area is 99.2 Å². The summed E-state index contributed by atoms with van der Waals surface area (Å²) in [5.41, 5.74) is -0.838. The van der Waals surface area contributed by atoms with Crippen LogP contribution >= 0.6 is 0 Å². The van der Waals surface area contributed by atoms with Crippen molar-refractivity contribution in [3.05, 3.63) is 29.8 Å². The lowest BCUT2D eigenvalue weighted by molar-refractivity contribution is -0.148. The van der Waals surface area contributed by atoms with Gasteiger partial charge in [0.05, 0.1) is 25.5 Å². The van der Waals surface area contributed by atoms with Crippen LogP contribution in [-0.4, -0.2) is 24.6 Å². The minimum atomic E-state index is -1.19. The molecule has 0 aromatic carbocycles. The second-order valence-corrected chi connectivity index (χ2v) is 3.54. The highest BCUT2D eigenvalue weighted by molar-refractivity contribution is 5.81. The molecular formula is C12H13FN2O2. The summed E-state index contributed by atoms with van der Waals surface area (Å²) in [4.78, 5) is 15.6. The first kappa shape index (κ1) is 13.1. The summed E-state index contributed by atoms with van der Waals surface area (Å²) < 4.78 is 17.5. The predicted octanol–water partition coefficient (Wildman–Crippen LogP) is 0.832. The normalized spacial score (nSPS) is 13.5. The molecule has 1 unspecified atom stereocenters. The molecule has 0 aliphatic rings. The lowest BCUT2D eigenvalue weighted by Gasteiger charge is -2.26. The number of terminal acetylenes is 1. The molecule has 5 heteroatoms. The molecule has 0 radical (unpaired) electrons. The fourth-order valence-electron chi connectivity index (χ4n) is 1.37. The molecule has 1 atom stereocenters. The molecule has 1 heterocycles. The number of carbonyl (C=O) groups excluding carboxylic acids is 1. The highest BCUT2D eigenvalue weighted by Crippen LogP contribution is 2.20. The zero-order valence-electron chi connectivity index (χ0n) is 9.66. The largest absolute Gasteiger partial charge is 0.467 e. The predicted molar refractivity (Wildman–Crippen MR) is 60.4 cm³/mol. The van der Waals surface area contributed by atoms with Crippen molar-refractivity contribution in [1.82, 2.24) is 10.3 Å². The lowest BCUT2D eigenvalue weighted by Crippen LogP contribution is -2.48. The molecule has 17 heavy (non-hydrogen) atoms. The Kier molecular flexibility index (Phi) is 4.18. The average Bonchev–Trinajstić information content (AvgIpc) is 2.35. The number of carbonyl (C=O) groups is 1. The minimum absolute atomic E-state index is 0.171. The maximum Gasteiger partial charge on any atom is 0.332 e. The Morgan fingerprint density at radius 2 is 2.41 bits per heavy atom. The van der Waals surface area contributed by atoms with Crippen LogP contribution in [0.1, 0.15) is 12.6 Å². The van der Waals surface area contributed by atoms with Crippen molar-refractivity contribution in [1.29, 1.82) is 0 Å². The molecule has 0 bridgehead atoms. The maximum atomic E-state index is 12.8. The third-order valence-corrected chi connectivity index (χ3v) is 2.38. The smallest absolute Gasteiger partial charge is 0.332 e. The molecule has 0 aliphatic heterocycles. The van der Waals surface area contributed by atoms with Crippen molar-refractivity contribution in [2.45, 2.75) is 12.5 Å². The van der Waals surface area contributed by atoms with Crippen LogP contribution in [0.25, 0.3) is 0 Å². The summed E-state index contributed by atoms with van der Waals surface area (Å²) in [6.07, 6.45) is 6.17. The second-order valence-electron chi connectivity index (χ2n) is 3.54. The van der Waals surface area contributed by atoms with Crippen molar-refractivity contribution < 1.29 is 13.9 Å². The first-order chi connectivity index (χ1) is 8.04. The number of esters is 1. The molecule has 90 valence electrons. The molecule has 1 N–H and O–H groups in total. The van der Waals surface area contributed by atoms with E-state index in [-0.39, 0.29) is 6.54 Å². The van der Waals surface area contributed by atoms with Gasteiger partial charge in [0, 0.05) is 0 Å². The van der Waals surface area contributed by atoms with Gasteiger partial charge in [-0.05, 0) is 19.1 Å². The monoisotopic (exact) mass is 236 g/mol. The van der Waals surface area contributed by atoms with E-state index in [1.54, 1.807) is 6.92 Å². The summed E-state index contributed by atoms with van der Waals surface area (Å²) in [7, 11) is 1.27. The molecule has 0 saturated carbocycles. The molecule has 1 aromatic rings. The van der Waals surface area contributed by atoms with Crippen LogP contribution < -0.4 is 5.32 Å². The molecule has 0 fully saturated rings. The van der Waals surface area contributed by atoms with E-state index in [1.807, 2.05) is 0 Å². The number of pyridine rings is 1. The van der Waals surface area contributed by atoms with Crippen molar-refractivity contribution >= 4 is 5.97 Å². The van der Waals surface area contributed by atoms with Crippen LogP contribution in [0.3, 0.4) is 0 Å². The Morgan fingerprint density at radius 3 is 2.88 bits per heavy atom. The van der Waals surface area contributed by atoms with Gasteiger partial charge in [-0.2, -0.15) is 0 Å². The summed E-state index contributed by atoms with van der Waals surface area (Å²) in [6.45, 7) is 1.75. The van der Waals surface area contributed by atoms with Crippen LogP contribution in [0, 0.1) is 18.2 Å². The minimum Gasteiger partial charge on any atom is -0.467 e. The van der Waals surface area contributed by atoms with E-state index in [0.29, 0.717) is 5.69 Å². The van der Waals surface area contributed by atoms with Crippen LogP contribution in [0.4, 0.5) is 4.39 Å². The van der Waals surface area contributed by atoms with Gasteiger partial charge in [-0.25, -0.2) is 9.18 Å². The van der Waals surface area contributed by atoms with E-state index in [4.69, 9.17) is 11.2 Å². The van der Waals surface area contributed by atoms with Crippen LogP contribution in [0.5, 0.6) is 0 Å². The number of nitrogens with zero attached hydrogens (tertiary/aromatic N) is 1. The van der Waals surface area contributed by atoms with Gasteiger partial charge in [0.25, 0.3) is 0 Å². The number of aromatic nitrogens is 1. The average molecular weight is 236 g/mol. The van der Waals surface area contributed by atoms with E-state index in [9.17, 15) is 9.18 Å². The fourth-order valence-corrected chi connectivity index (χ4v) is 1.37. The Bertz CT molecular complexity index is 439. The zero-order valence-corrected chi connectivity index (χ0v) is 9.66. The van der Waals surface area contributed by atoms with Gasteiger partial charge in [-0.1, -0.05) is 5.92 Å². The lowest BCUT2D eigenvalue weighted by atomic mass is 9.97. The Morgan fingerprint density at radius 1 is 1.71 bits per heavy atom. The number of ether oxygens (including phenoxy) is 1. The molecule has 1 aromatic heterocycles. The molecular weight excluding hydrogens is 223 g/mol. The number of hydrogen-bond acceptors (Lipinski definition) is 4. The highest BCUT2D eigenvalue weighted by atomic mass is 19.1. The zero-order chi connectivity index (χ0) is 12.9. The van der Waals surface area contributed by atoms with E-state index >= 15 is 0 Å². The second kappa shape index (κ2) is 5.41. The summed E-state index contributed by atoms with van der Waals surface area (Å²) in [6, 6.07) is 2.64. The van der Waals surface area contributed by atoms with Gasteiger partial charge < -0.3 is 4.74 Å². The molecule has 0 aliphatic carbocycles. The fraction of sp³-hybridized carbons (Fsp3) is 0.333. The van der Waals surface area contributed by atoms with Gasteiger partial charge in [0.15, 0.2) is 5.54 Å². The van der Waals surface area contributed by atoms with Gasteiger partial charge >= 0.3 is 5.97 Å². The molecule has 0 spiro atoms. The van der Waals surface area contributed by atoms with E-state index in [2.05, 4.69) is 16.2 Å². The van der Waals surface area contributed by atoms with Crippen molar-refractivity contribution in [3.8, 4) is 12.3 Å². The Hall–Kier alpha value is -1.93. The molecule has 0 amide bonds. The SMILES string of the molecule is C#CCNC(C)(C(=O)OC)c1ccc(F)cn1. The molecule has 4 nitrogen and oxygen atoms in total. The van der Waals surface area contributed by atoms with Gasteiger partial charge in [-0.15, -0.1) is 6.42 Å². The molecule has 1 rings (SSSR count). The van der Waals surface area contributed by atoms with Crippen LogP contribution in [0.2, 0.25) is 0 Å². The first-order valence-electron chi connectivity index (χ1n) is 4.93. The molecule has 0 saturated heterocycles. The number of nitrogens with one attached hydrogen (secondary N) is 1. The quantitative estimate of drug-likeness (QED) is 0.621. The van der Waals surface area contributed by atoms with Crippen LogP contribution in [-0.2, 0) is 15.1 Å². The van der Waals surface area contributed by atoms with Crippen LogP contribution in [0.15, 0.2) is 18.3 Å². The number of methoxy groups -OCH3 is 1. The number of halogens is 1. The summed E-state index contributed by atoms with van der Waals surface area (Å²) in [5.74, 6) is 1.35. The van der Waals surface area contributed by atoms with Gasteiger partial charge in [0.1, 0.15) is 5.82 Å². The summed E-state index contributed by atoms with van der Waals surface area (Å²) >= 11 is 0. The van der Waals surface area contributed by atoms with E-state index in [0.717, 1.165) is 6.20 Å². The van der Waals surface area contributed by atoms with E-state index in [1.165, 1.54) is 19.2 Å². The highest BCUT2D eigenvalue weighted by Gasteiger charge is 2.37.